The summed E-state index contributed by atoms with van der Waals surface area (Å²) in [6, 6.07) is 9.39. The highest BCUT2D eigenvalue weighted by Crippen LogP contribution is 2.37. The first-order chi connectivity index (χ1) is 17.4. The van der Waals surface area contributed by atoms with Crippen LogP contribution in [0.4, 0.5) is 14.7 Å². The van der Waals surface area contributed by atoms with E-state index in [1.54, 1.807) is 0 Å². The average Bonchev–Trinajstić information content (AvgIpc) is 3.25. The van der Waals surface area contributed by atoms with Gasteiger partial charge in [0.1, 0.15) is 5.65 Å². The number of halogens is 2. The Labute approximate surface area is 213 Å². The molecular weight excluding hydrogens is 456 g/mol. The van der Waals surface area contributed by atoms with Crippen molar-refractivity contribution in [2.24, 2.45) is 0 Å². The third-order valence-electron chi connectivity index (χ3n) is 7.90. The van der Waals surface area contributed by atoms with E-state index in [4.69, 9.17) is 4.98 Å². The van der Waals surface area contributed by atoms with Gasteiger partial charge in [-0.25, -0.2) is 13.8 Å². The summed E-state index contributed by atoms with van der Waals surface area (Å²) < 4.78 is 29.4. The molecule has 2 fully saturated rings. The minimum absolute atomic E-state index is 0.0418. The van der Waals surface area contributed by atoms with Crippen LogP contribution in [-0.2, 0) is 6.54 Å². The second-order valence-electron chi connectivity index (χ2n) is 10.8. The van der Waals surface area contributed by atoms with Crippen molar-refractivity contribution in [1.82, 2.24) is 19.4 Å². The summed E-state index contributed by atoms with van der Waals surface area (Å²) in [5.74, 6) is -1.80. The molecule has 0 spiro atoms. The summed E-state index contributed by atoms with van der Waals surface area (Å²) >= 11 is 0. The third-order valence-corrected chi connectivity index (χ3v) is 7.90. The quantitative estimate of drug-likeness (QED) is 0.353. The maximum Gasteiger partial charge on any atom is 0.250 e. The van der Waals surface area contributed by atoms with Gasteiger partial charge in [-0.15, -0.1) is 0 Å². The number of rotatable bonds is 8. The van der Waals surface area contributed by atoms with Gasteiger partial charge in [-0.1, -0.05) is 56.9 Å². The van der Waals surface area contributed by atoms with Crippen LogP contribution in [0.15, 0.2) is 36.7 Å². The number of aromatic nitrogens is 3. The van der Waals surface area contributed by atoms with Gasteiger partial charge < -0.3 is 9.88 Å². The average molecular weight is 496 g/mol. The Morgan fingerprint density at radius 3 is 2.50 bits per heavy atom. The first-order valence-electron chi connectivity index (χ1n) is 13.8. The van der Waals surface area contributed by atoms with Gasteiger partial charge in [0.2, 0.25) is 5.95 Å². The van der Waals surface area contributed by atoms with Crippen LogP contribution in [0.5, 0.6) is 0 Å². The van der Waals surface area contributed by atoms with Gasteiger partial charge in [-0.3, -0.25) is 4.90 Å². The second-order valence-corrected chi connectivity index (χ2v) is 10.8. The van der Waals surface area contributed by atoms with E-state index in [1.165, 1.54) is 32.1 Å². The lowest BCUT2D eigenvalue weighted by molar-refractivity contribution is -0.0566. The van der Waals surface area contributed by atoms with Gasteiger partial charge in [-0.05, 0) is 37.3 Å². The summed E-state index contributed by atoms with van der Waals surface area (Å²) in [6.45, 7) is 6.00. The number of nitrogens with zero attached hydrogens (tertiary/aromatic N) is 4. The lowest BCUT2D eigenvalue weighted by atomic mass is 9.95. The van der Waals surface area contributed by atoms with Crippen LogP contribution in [0.3, 0.4) is 0 Å². The maximum atomic E-state index is 13.5. The Bertz CT molecular complexity index is 1140. The topological polar surface area (TPSA) is 46.0 Å². The van der Waals surface area contributed by atoms with Crippen molar-refractivity contribution in [2.75, 3.05) is 18.4 Å². The van der Waals surface area contributed by atoms with Crippen molar-refractivity contribution < 1.29 is 8.78 Å². The number of piperidine rings is 1. The van der Waals surface area contributed by atoms with E-state index in [9.17, 15) is 8.78 Å². The van der Waals surface area contributed by atoms with E-state index in [0.29, 0.717) is 37.7 Å². The maximum absolute atomic E-state index is 13.5. The number of alkyl halides is 2. The largest absolute Gasteiger partial charge is 0.352 e. The molecule has 0 bridgehead atoms. The Hall–Kier alpha value is -2.54. The predicted molar refractivity (Wildman–Crippen MR) is 143 cm³/mol. The number of benzene rings is 1. The fourth-order valence-electron chi connectivity index (χ4n) is 5.78. The van der Waals surface area contributed by atoms with Crippen LogP contribution < -0.4 is 5.32 Å². The van der Waals surface area contributed by atoms with Crippen molar-refractivity contribution in [3.05, 3.63) is 42.2 Å². The fourth-order valence-corrected chi connectivity index (χ4v) is 5.78. The summed E-state index contributed by atoms with van der Waals surface area (Å²) in [7, 11) is 0. The zero-order valence-electron chi connectivity index (χ0n) is 21.6. The molecule has 0 radical (unpaired) electrons. The molecule has 2 aliphatic rings. The van der Waals surface area contributed by atoms with Crippen molar-refractivity contribution in [2.45, 2.75) is 96.2 Å². The molecule has 1 aliphatic carbocycles. The van der Waals surface area contributed by atoms with E-state index >= 15 is 0 Å². The van der Waals surface area contributed by atoms with Crippen molar-refractivity contribution in [3.63, 3.8) is 0 Å². The van der Waals surface area contributed by atoms with Crippen LogP contribution in [0.1, 0.15) is 83.2 Å². The fraction of sp³-hybridized carbons (Fsp3) is 0.586. The number of likely N-dealkylation sites (tertiary alicyclic amines) is 1. The highest BCUT2D eigenvalue weighted by Gasteiger charge is 2.33. The monoisotopic (exact) mass is 495 g/mol. The molecule has 0 amide bonds. The smallest absolute Gasteiger partial charge is 0.250 e. The first kappa shape index (κ1) is 25.1. The number of hydrogen-bond donors (Lipinski definition) is 1. The molecule has 5 rings (SSSR count). The number of hydrogen-bond acceptors (Lipinski definition) is 4. The van der Waals surface area contributed by atoms with Gasteiger partial charge in [0.25, 0.3) is 5.92 Å². The van der Waals surface area contributed by atoms with E-state index in [1.807, 2.05) is 6.20 Å². The molecule has 1 unspecified atom stereocenters. The van der Waals surface area contributed by atoms with Gasteiger partial charge in [0, 0.05) is 67.9 Å². The Balaban J connectivity index is 1.41. The molecule has 3 aromatic rings. The number of anilines is 1. The molecule has 1 N–H and O–H groups in total. The van der Waals surface area contributed by atoms with Crippen LogP contribution in [0, 0.1) is 0 Å². The van der Waals surface area contributed by atoms with Gasteiger partial charge in [0.15, 0.2) is 0 Å². The minimum atomic E-state index is -2.50. The van der Waals surface area contributed by atoms with Gasteiger partial charge in [-0.2, -0.15) is 4.98 Å². The molecule has 194 valence electrons. The molecule has 1 atom stereocenters. The van der Waals surface area contributed by atoms with Crippen molar-refractivity contribution >= 4 is 17.0 Å². The molecule has 3 heterocycles. The Kier molecular flexibility index (Phi) is 7.56. The molecule has 1 saturated heterocycles. The molecule has 5 nitrogen and oxygen atoms in total. The SMILES string of the molecule is CCCC(C)Nc1ncc2c(-c3ccc(CN4CCC(F)(F)CC4)cc3)cn(C3CCCCC3)c2n1. The van der Waals surface area contributed by atoms with E-state index in [-0.39, 0.29) is 12.8 Å². The Morgan fingerprint density at radius 1 is 1.08 bits per heavy atom. The summed E-state index contributed by atoms with van der Waals surface area (Å²) in [5.41, 5.74) is 4.48. The summed E-state index contributed by atoms with van der Waals surface area (Å²) in [6.07, 6.45) is 12.6. The molecule has 7 heteroatoms. The molecule has 1 aliphatic heterocycles. The lowest BCUT2D eigenvalue weighted by Crippen LogP contribution is -2.38. The zero-order valence-corrected chi connectivity index (χ0v) is 21.6. The normalized spacial score (nSPS) is 20.0. The zero-order chi connectivity index (χ0) is 25.1. The standard InChI is InChI=1S/C29H39F2N5/c1-3-7-21(2)33-28-32-18-25-26(20-36(27(25)34-28)24-8-5-4-6-9-24)23-12-10-22(11-13-23)19-35-16-14-29(30,31)15-17-35/h10-13,18,20-21,24H,3-9,14-17,19H2,1-2H3,(H,32,33,34). The lowest BCUT2D eigenvalue weighted by Gasteiger charge is -2.31. The summed E-state index contributed by atoms with van der Waals surface area (Å²) in [5, 5.41) is 4.56. The number of nitrogens with one attached hydrogen (secondary N) is 1. The third kappa shape index (κ3) is 5.72. The summed E-state index contributed by atoms with van der Waals surface area (Å²) in [4.78, 5) is 11.8. The van der Waals surface area contributed by atoms with E-state index < -0.39 is 5.92 Å². The van der Waals surface area contributed by atoms with Crippen molar-refractivity contribution in [3.8, 4) is 11.1 Å². The minimum Gasteiger partial charge on any atom is -0.352 e. The Morgan fingerprint density at radius 2 is 1.81 bits per heavy atom. The second kappa shape index (κ2) is 10.8. The molecular formula is C29H39F2N5. The molecule has 36 heavy (non-hydrogen) atoms. The first-order valence-corrected chi connectivity index (χ1v) is 13.8. The number of fused-ring (bicyclic) bond motifs is 1. The molecule has 1 aromatic carbocycles. The highest BCUT2D eigenvalue weighted by atomic mass is 19.3. The molecule has 1 saturated carbocycles. The molecule has 2 aromatic heterocycles. The van der Waals surface area contributed by atoms with Crippen molar-refractivity contribution in [1.29, 1.82) is 0 Å². The van der Waals surface area contributed by atoms with Crippen LogP contribution in [0.25, 0.3) is 22.2 Å². The van der Waals surface area contributed by atoms with E-state index in [2.05, 4.69) is 64.1 Å². The highest BCUT2D eigenvalue weighted by molar-refractivity contribution is 5.94. The van der Waals surface area contributed by atoms with Gasteiger partial charge >= 0.3 is 0 Å². The van der Waals surface area contributed by atoms with Gasteiger partial charge in [0.05, 0.1) is 0 Å². The van der Waals surface area contributed by atoms with Crippen LogP contribution in [-0.4, -0.2) is 44.5 Å². The van der Waals surface area contributed by atoms with E-state index in [0.717, 1.165) is 40.6 Å². The van der Waals surface area contributed by atoms with Crippen LogP contribution >= 0.6 is 0 Å². The predicted octanol–water partition coefficient (Wildman–Crippen LogP) is 7.44. The van der Waals surface area contributed by atoms with Crippen LogP contribution in [0.2, 0.25) is 0 Å².